The molecule has 0 saturated carbocycles. The standard InChI is InChI=1S/C19H21N5O3/c1-23(11-7-12-26-2)19(25)17(14-16-10-6-13-27-16)24-18(20-21-22-24)15-8-4-3-5-9-15/h3-6,8-10,13-14H,7,11-12H2,1-2H3/b17-14+. The largest absolute Gasteiger partial charge is 0.465 e. The summed E-state index contributed by atoms with van der Waals surface area (Å²) in [6.07, 6.45) is 3.92. The van der Waals surface area contributed by atoms with Crippen LogP contribution < -0.4 is 0 Å². The Morgan fingerprint density at radius 1 is 1.26 bits per heavy atom. The van der Waals surface area contributed by atoms with Crippen LogP contribution in [0.15, 0.2) is 53.1 Å². The number of hydrogen-bond acceptors (Lipinski definition) is 6. The number of aromatic nitrogens is 4. The first-order valence-electron chi connectivity index (χ1n) is 8.54. The smallest absolute Gasteiger partial charge is 0.272 e. The van der Waals surface area contributed by atoms with Gasteiger partial charge in [0.25, 0.3) is 5.91 Å². The fraction of sp³-hybridized carbons (Fsp3) is 0.263. The van der Waals surface area contributed by atoms with Crippen molar-refractivity contribution in [1.82, 2.24) is 25.1 Å². The van der Waals surface area contributed by atoms with Gasteiger partial charge >= 0.3 is 0 Å². The van der Waals surface area contributed by atoms with Crippen LogP contribution in [0.5, 0.6) is 0 Å². The fourth-order valence-electron chi connectivity index (χ4n) is 2.58. The zero-order valence-corrected chi connectivity index (χ0v) is 15.3. The summed E-state index contributed by atoms with van der Waals surface area (Å²) in [5, 5.41) is 11.9. The third-order valence-electron chi connectivity index (χ3n) is 3.96. The number of amides is 1. The molecule has 8 nitrogen and oxygen atoms in total. The Bertz CT molecular complexity index is 887. The van der Waals surface area contributed by atoms with Crippen molar-refractivity contribution >= 4 is 17.7 Å². The van der Waals surface area contributed by atoms with E-state index in [1.807, 2.05) is 30.3 Å². The van der Waals surface area contributed by atoms with Gasteiger partial charge < -0.3 is 14.1 Å². The van der Waals surface area contributed by atoms with E-state index >= 15 is 0 Å². The van der Waals surface area contributed by atoms with Crippen LogP contribution in [0, 0.1) is 0 Å². The summed E-state index contributed by atoms with van der Waals surface area (Å²) in [7, 11) is 3.37. The number of likely N-dealkylation sites (N-methyl/N-ethyl adjacent to an activating group) is 1. The van der Waals surface area contributed by atoms with Crippen LogP contribution in [-0.4, -0.2) is 58.3 Å². The highest BCUT2D eigenvalue weighted by Gasteiger charge is 2.22. The van der Waals surface area contributed by atoms with Crippen LogP contribution in [-0.2, 0) is 9.53 Å². The molecule has 0 aliphatic carbocycles. The molecule has 8 heteroatoms. The van der Waals surface area contributed by atoms with Gasteiger partial charge in [0, 0.05) is 38.9 Å². The van der Waals surface area contributed by atoms with Gasteiger partial charge in [0.15, 0.2) is 5.82 Å². The number of methoxy groups -OCH3 is 1. The second kappa shape index (κ2) is 8.91. The molecule has 0 spiro atoms. The molecule has 3 rings (SSSR count). The third-order valence-corrected chi connectivity index (χ3v) is 3.96. The summed E-state index contributed by atoms with van der Waals surface area (Å²) < 4.78 is 11.9. The first-order chi connectivity index (χ1) is 13.2. The van der Waals surface area contributed by atoms with Crippen LogP contribution in [0.3, 0.4) is 0 Å². The highest BCUT2D eigenvalue weighted by molar-refractivity contribution is 6.18. The molecule has 0 bridgehead atoms. The minimum Gasteiger partial charge on any atom is -0.465 e. The molecule has 2 aromatic heterocycles. The van der Waals surface area contributed by atoms with E-state index in [0.717, 1.165) is 12.0 Å². The molecule has 0 unspecified atom stereocenters. The summed E-state index contributed by atoms with van der Waals surface area (Å²) in [6.45, 7) is 1.12. The Morgan fingerprint density at radius 2 is 2.07 bits per heavy atom. The number of tetrazole rings is 1. The summed E-state index contributed by atoms with van der Waals surface area (Å²) in [4.78, 5) is 14.7. The van der Waals surface area contributed by atoms with Crippen LogP contribution in [0.1, 0.15) is 12.2 Å². The number of nitrogens with zero attached hydrogens (tertiary/aromatic N) is 5. The van der Waals surface area contributed by atoms with Crippen molar-refractivity contribution in [2.45, 2.75) is 6.42 Å². The predicted molar refractivity (Wildman–Crippen MR) is 100 cm³/mol. The molecule has 0 aliphatic rings. The van der Waals surface area contributed by atoms with E-state index in [4.69, 9.17) is 9.15 Å². The van der Waals surface area contributed by atoms with E-state index in [0.29, 0.717) is 30.4 Å². The minimum atomic E-state index is -0.216. The predicted octanol–water partition coefficient (Wildman–Crippen LogP) is 2.43. The van der Waals surface area contributed by atoms with Crippen LogP contribution in [0.4, 0.5) is 0 Å². The lowest BCUT2D eigenvalue weighted by atomic mass is 10.2. The molecule has 2 heterocycles. The Hall–Kier alpha value is -3.26. The Morgan fingerprint density at radius 3 is 2.78 bits per heavy atom. The lowest BCUT2D eigenvalue weighted by Gasteiger charge is -2.19. The van der Waals surface area contributed by atoms with Gasteiger partial charge in [-0.2, -0.15) is 4.68 Å². The van der Waals surface area contributed by atoms with E-state index in [9.17, 15) is 4.79 Å². The summed E-state index contributed by atoms with van der Waals surface area (Å²) in [6, 6.07) is 13.0. The zero-order valence-electron chi connectivity index (χ0n) is 15.3. The van der Waals surface area contributed by atoms with Crippen molar-refractivity contribution < 1.29 is 13.9 Å². The number of ether oxygens (including phenoxy) is 1. The maximum atomic E-state index is 13.1. The van der Waals surface area contributed by atoms with Crippen molar-refractivity contribution in [3.63, 3.8) is 0 Å². The van der Waals surface area contributed by atoms with Gasteiger partial charge in [-0.1, -0.05) is 30.3 Å². The number of carbonyl (C=O) groups excluding carboxylic acids is 1. The lowest BCUT2D eigenvalue weighted by molar-refractivity contribution is -0.124. The highest BCUT2D eigenvalue weighted by atomic mass is 16.5. The molecule has 0 aliphatic heterocycles. The third kappa shape index (κ3) is 4.48. The minimum absolute atomic E-state index is 0.216. The van der Waals surface area contributed by atoms with Gasteiger partial charge in [-0.3, -0.25) is 4.79 Å². The second-order valence-electron chi connectivity index (χ2n) is 5.90. The maximum Gasteiger partial charge on any atom is 0.272 e. The molecule has 140 valence electrons. The Labute approximate surface area is 157 Å². The average Bonchev–Trinajstić information content (AvgIpc) is 3.38. The van der Waals surface area contributed by atoms with Gasteiger partial charge in [0.05, 0.1) is 6.26 Å². The summed E-state index contributed by atoms with van der Waals surface area (Å²) in [5.41, 5.74) is 1.11. The number of carbonyl (C=O) groups is 1. The number of rotatable bonds is 8. The summed E-state index contributed by atoms with van der Waals surface area (Å²) in [5.74, 6) is 0.803. The molecule has 0 fully saturated rings. The Kier molecular flexibility index (Phi) is 6.11. The van der Waals surface area contributed by atoms with Crippen LogP contribution in [0.25, 0.3) is 23.2 Å². The van der Waals surface area contributed by atoms with Crippen molar-refractivity contribution in [1.29, 1.82) is 0 Å². The van der Waals surface area contributed by atoms with E-state index < -0.39 is 0 Å². The molecule has 0 saturated heterocycles. The topological polar surface area (TPSA) is 86.3 Å². The quantitative estimate of drug-likeness (QED) is 0.449. The lowest BCUT2D eigenvalue weighted by Crippen LogP contribution is -2.31. The zero-order chi connectivity index (χ0) is 19.1. The van der Waals surface area contributed by atoms with Gasteiger partial charge in [-0.25, -0.2) is 0 Å². The first kappa shape index (κ1) is 18.5. The summed E-state index contributed by atoms with van der Waals surface area (Å²) >= 11 is 0. The molecular weight excluding hydrogens is 346 g/mol. The maximum absolute atomic E-state index is 13.1. The number of hydrogen-bond donors (Lipinski definition) is 0. The highest BCUT2D eigenvalue weighted by Crippen LogP contribution is 2.21. The molecule has 0 radical (unpaired) electrons. The van der Waals surface area contributed by atoms with Crippen molar-refractivity contribution in [2.24, 2.45) is 0 Å². The van der Waals surface area contributed by atoms with E-state index in [1.165, 1.54) is 4.68 Å². The average molecular weight is 367 g/mol. The number of furan rings is 1. The van der Waals surface area contributed by atoms with Crippen molar-refractivity contribution in [3.05, 3.63) is 54.5 Å². The van der Waals surface area contributed by atoms with Gasteiger partial charge in [0.1, 0.15) is 11.5 Å². The Balaban J connectivity index is 1.97. The first-order valence-corrected chi connectivity index (χ1v) is 8.54. The van der Waals surface area contributed by atoms with Gasteiger partial charge in [-0.05, 0) is 29.0 Å². The fourth-order valence-corrected chi connectivity index (χ4v) is 2.58. The van der Waals surface area contributed by atoms with E-state index in [1.54, 1.807) is 43.5 Å². The molecule has 3 aromatic rings. The monoisotopic (exact) mass is 367 g/mol. The van der Waals surface area contributed by atoms with E-state index in [-0.39, 0.29) is 5.91 Å². The van der Waals surface area contributed by atoms with Crippen LogP contribution in [0.2, 0.25) is 0 Å². The molecule has 27 heavy (non-hydrogen) atoms. The van der Waals surface area contributed by atoms with Crippen LogP contribution >= 0.6 is 0 Å². The number of benzene rings is 1. The van der Waals surface area contributed by atoms with Crippen molar-refractivity contribution in [2.75, 3.05) is 27.3 Å². The second-order valence-corrected chi connectivity index (χ2v) is 5.90. The van der Waals surface area contributed by atoms with Crippen molar-refractivity contribution in [3.8, 4) is 11.4 Å². The van der Waals surface area contributed by atoms with Gasteiger partial charge in [-0.15, -0.1) is 5.10 Å². The molecule has 1 amide bonds. The molecule has 1 aromatic carbocycles. The van der Waals surface area contributed by atoms with Gasteiger partial charge in [0.2, 0.25) is 0 Å². The molecule has 0 atom stereocenters. The SMILES string of the molecule is COCCCN(C)C(=O)/C(=C\c1ccco1)n1nnnc1-c1ccccc1. The normalized spacial score (nSPS) is 11.6. The van der Waals surface area contributed by atoms with E-state index in [2.05, 4.69) is 15.5 Å². The molecular formula is C19H21N5O3. The molecule has 0 N–H and O–H groups in total.